The lowest BCUT2D eigenvalue weighted by molar-refractivity contribution is 0.0733. The van der Waals surface area contributed by atoms with Crippen molar-refractivity contribution in [2.75, 3.05) is 0 Å². The summed E-state index contributed by atoms with van der Waals surface area (Å²) in [6.07, 6.45) is 0. The third-order valence-electron chi connectivity index (χ3n) is 4.91. The minimum Gasteiger partial charge on any atom is -0.744 e. The molecule has 0 fully saturated rings. The van der Waals surface area contributed by atoms with Gasteiger partial charge in [-0.2, -0.15) is 0 Å². The molecule has 172 valence electrons. The number of carbonyl (C=O) groups excluding carboxylic acids is 1. The van der Waals surface area contributed by atoms with E-state index in [4.69, 9.17) is 4.74 Å². The predicted octanol–water partition coefficient (Wildman–Crippen LogP) is 6.96. The zero-order chi connectivity index (χ0) is 24.5. The smallest absolute Gasteiger partial charge is 0.344 e. The molecular weight excluding hydrogens is 793 g/mol. The van der Waals surface area contributed by atoms with Gasteiger partial charge in [-0.1, -0.05) is 60.7 Å². The molecule has 5 nitrogen and oxygen atoms in total. The van der Waals surface area contributed by atoms with Gasteiger partial charge in [-0.15, -0.1) is 0 Å². The number of esters is 1. The summed E-state index contributed by atoms with van der Waals surface area (Å²) in [5.41, 5.74) is 1.79. The van der Waals surface area contributed by atoms with Gasteiger partial charge in [-0.05, 0) is 103 Å². The van der Waals surface area contributed by atoms with E-state index in [1.807, 2.05) is 6.07 Å². The van der Waals surface area contributed by atoms with Crippen LogP contribution in [-0.2, 0) is 10.1 Å². The number of carbonyl (C=O) groups is 1. The maximum Gasteiger partial charge on any atom is 0.344 e. The van der Waals surface area contributed by atoms with E-state index in [1.165, 1.54) is 12.1 Å². The van der Waals surface area contributed by atoms with Crippen LogP contribution in [0.15, 0.2) is 89.8 Å². The van der Waals surface area contributed by atoms with Crippen molar-refractivity contribution in [1.82, 2.24) is 0 Å². The van der Waals surface area contributed by atoms with Gasteiger partial charge in [0.2, 0.25) is 0 Å². The average molecular weight is 807 g/mol. The van der Waals surface area contributed by atoms with Crippen LogP contribution in [0.2, 0.25) is 0 Å². The van der Waals surface area contributed by atoms with Crippen molar-refractivity contribution in [2.24, 2.45) is 0 Å². The molecule has 0 heterocycles. The topological polar surface area (TPSA) is 83.5 Å². The number of halogens is 3. The molecule has 34 heavy (non-hydrogen) atoms. The molecule has 0 amide bonds. The van der Waals surface area contributed by atoms with Crippen molar-refractivity contribution in [3.05, 3.63) is 101 Å². The normalized spacial score (nSPS) is 11.3. The fourth-order valence-corrected chi connectivity index (χ4v) is 6.73. The summed E-state index contributed by atoms with van der Waals surface area (Å²) >= 11 is 6.39. The van der Waals surface area contributed by atoms with Gasteiger partial charge in [0, 0.05) is 21.8 Å². The van der Waals surface area contributed by atoms with Crippen LogP contribution in [-0.4, -0.2) is 18.9 Å². The Bertz CT molecular complexity index is 1430. The largest absolute Gasteiger partial charge is 0.744 e. The Morgan fingerprint density at radius 3 is 1.74 bits per heavy atom. The number of benzene rings is 4. The van der Waals surface area contributed by atoms with Gasteiger partial charge < -0.3 is 9.29 Å². The third-order valence-corrected chi connectivity index (χ3v) is 9.51. The highest BCUT2D eigenvalue weighted by molar-refractivity contribution is 14.1. The first-order chi connectivity index (χ1) is 16.1. The van der Waals surface area contributed by atoms with E-state index in [9.17, 15) is 17.8 Å². The second-order valence-electron chi connectivity index (χ2n) is 7.17. The number of hydrogen-bond donors (Lipinski definition) is 0. The van der Waals surface area contributed by atoms with E-state index >= 15 is 0 Å². The first-order valence-corrected chi connectivity index (χ1v) is 14.4. The van der Waals surface area contributed by atoms with Crippen LogP contribution in [0.25, 0.3) is 22.3 Å². The molecule has 0 spiro atoms. The van der Waals surface area contributed by atoms with Crippen LogP contribution in [0.5, 0.6) is 5.75 Å². The molecule has 0 aliphatic carbocycles. The number of ether oxygens (including phenoxy) is 1. The van der Waals surface area contributed by atoms with Gasteiger partial charge in [0.25, 0.3) is 0 Å². The van der Waals surface area contributed by atoms with Gasteiger partial charge in [0.05, 0.1) is 10.5 Å². The summed E-state index contributed by atoms with van der Waals surface area (Å²) < 4.78 is 45.6. The Morgan fingerprint density at radius 1 is 0.765 bits per heavy atom. The first-order valence-electron chi connectivity index (χ1n) is 9.76. The summed E-state index contributed by atoms with van der Waals surface area (Å²) in [5, 5.41) is 0. The van der Waals surface area contributed by atoms with Crippen LogP contribution in [0, 0.1) is 10.7 Å². The SMILES string of the molecule is O=C(Oc1cc(-c2ccccc2)c(S(=O)(=O)[O-])c(-c2ccccc2)c1)c1cc(I)cc(I)c1I. The van der Waals surface area contributed by atoms with E-state index < -0.39 is 16.1 Å². The lowest BCUT2D eigenvalue weighted by atomic mass is 9.98. The fourth-order valence-electron chi connectivity index (χ4n) is 3.46. The Hall–Kier alpha value is -1.55. The van der Waals surface area contributed by atoms with Crippen LogP contribution in [0.4, 0.5) is 0 Å². The highest BCUT2D eigenvalue weighted by atomic mass is 127. The van der Waals surface area contributed by atoms with E-state index in [-0.39, 0.29) is 21.8 Å². The van der Waals surface area contributed by atoms with Crippen molar-refractivity contribution in [3.63, 3.8) is 0 Å². The Morgan fingerprint density at radius 2 is 1.26 bits per heavy atom. The van der Waals surface area contributed by atoms with Crippen molar-refractivity contribution in [3.8, 4) is 28.0 Å². The highest BCUT2D eigenvalue weighted by Crippen LogP contribution is 2.39. The van der Waals surface area contributed by atoms with Crippen molar-refractivity contribution >= 4 is 83.9 Å². The van der Waals surface area contributed by atoms with Crippen LogP contribution in [0.1, 0.15) is 10.4 Å². The second kappa shape index (κ2) is 10.6. The summed E-state index contributed by atoms with van der Waals surface area (Å²) in [6, 6.07) is 23.9. The van der Waals surface area contributed by atoms with Crippen molar-refractivity contribution in [1.29, 1.82) is 0 Å². The molecule has 0 unspecified atom stereocenters. The maximum absolute atomic E-state index is 13.1. The van der Waals surface area contributed by atoms with E-state index in [2.05, 4.69) is 67.8 Å². The zero-order valence-corrected chi connectivity index (χ0v) is 24.5. The van der Waals surface area contributed by atoms with Gasteiger partial charge in [-0.25, -0.2) is 13.2 Å². The monoisotopic (exact) mass is 807 g/mol. The molecule has 0 radical (unpaired) electrons. The molecule has 4 aromatic carbocycles. The standard InChI is InChI=1S/C25H15I3O5S/c26-17-11-21(23(28)22(27)12-17)25(29)33-18-13-19(15-7-3-1-4-8-15)24(34(30,31)32)20(14-18)16-9-5-2-6-10-16/h1-14H,(H,30,31,32)/p-1. The van der Waals surface area contributed by atoms with E-state index in [0.29, 0.717) is 16.7 Å². The molecule has 4 aromatic rings. The number of rotatable bonds is 5. The van der Waals surface area contributed by atoms with Crippen LogP contribution in [0.3, 0.4) is 0 Å². The van der Waals surface area contributed by atoms with E-state index in [0.717, 1.165) is 10.7 Å². The van der Waals surface area contributed by atoms with Gasteiger partial charge in [0.15, 0.2) is 0 Å². The second-order valence-corrected chi connectivity index (χ2v) is 12.0. The van der Waals surface area contributed by atoms with Crippen LogP contribution < -0.4 is 4.74 Å². The van der Waals surface area contributed by atoms with E-state index in [1.54, 1.807) is 66.7 Å². The Kier molecular flexibility index (Phi) is 7.96. The highest BCUT2D eigenvalue weighted by Gasteiger charge is 2.22. The lowest BCUT2D eigenvalue weighted by Gasteiger charge is -2.20. The minimum atomic E-state index is -4.87. The van der Waals surface area contributed by atoms with Crippen LogP contribution >= 0.6 is 67.8 Å². The molecular formula is C25H14I3O5S-. The molecule has 9 heteroatoms. The lowest BCUT2D eigenvalue weighted by Crippen LogP contribution is -2.12. The summed E-state index contributed by atoms with van der Waals surface area (Å²) in [7, 11) is -4.87. The Labute approximate surface area is 238 Å². The summed E-state index contributed by atoms with van der Waals surface area (Å²) in [4.78, 5) is 12.7. The summed E-state index contributed by atoms with van der Waals surface area (Å²) in [5.74, 6) is -0.434. The minimum absolute atomic E-state index is 0.139. The molecule has 4 rings (SSSR count). The molecule has 0 atom stereocenters. The first kappa shape index (κ1) is 25.5. The molecule has 0 aliphatic heterocycles. The van der Waals surface area contributed by atoms with Crippen molar-refractivity contribution in [2.45, 2.75) is 4.90 Å². The number of hydrogen-bond acceptors (Lipinski definition) is 5. The molecule has 0 aliphatic rings. The molecule has 0 saturated carbocycles. The fraction of sp³-hybridized carbons (Fsp3) is 0. The van der Waals surface area contributed by atoms with Gasteiger partial charge in [-0.3, -0.25) is 0 Å². The zero-order valence-electron chi connectivity index (χ0n) is 17.2. The van der Waals surface area contributed by atoms with Gasteiger partial charge in [0.1, 0.15) is 15.9 Å². The molecule has 0 aromatic heterocycles. The average Bonchev–Trinajstić information content (AvgIpc) is 2.81. The van der Waals surface area contributed by atoms with Gasteiger partial charge >= 0.3 is 5.97 Å². The molecule has 0 saturated heterocycles. The third kappa shape index (κ3) is 5.64. The quantitative estimate of drug-likeness (QED) is 0.0717. The molecule has 0 N–H and O–H groups in total. The maximum atomic E-state index is 13.1. The summed E-state index contributed by atoms with van der Waals surface area (Å²) in [6.45, 7) is 0. The van der Waals surface area contributed by atoms with Crippen molar-refractivity contribution < 1.29 is 22.5 Å². The predicted molar refractivity (Wildman–Crippen MR) is 155 cm³/mol. The molecule has 0 bridgehead atoms. The Balaban J connectivity index is 1.94.